The number of guanidine groups is 1. The standard InChI is InChI=1S/C24H40N4O2.HI/c1-2-25-24(26-13-7-16-29-20-23-10-6-17-30-23)27-18-22-12-15-28(19-22)14-11-21-8-4-3-5-9-21;/h3-5,8-9,22-23H,2,6-7,10-20H2,1H3,(H2,25,26,27);1H. The van der Waals surface area contributed by atoms with E-state index in [-0.39, 0.29) is 24.0 Å². The summed E-state index contributed by atoms with van der Waals surface area (Å²) in [7, 11) is 0. The van der Waals surface area contributed by atoms with Crippen LogP contribution in [-0.4, -0.2) is 76.1 Å². The molecule has 2 unspecified atom stereocenters. The van der Waals surface area contributed by atoms with Crippen molar-refractivity contribution in [2.45, 2.75) is 45.1 Å². The molecule has 176 valence electrons. The predicted octanol–water partition coefficient (Wildman–Crippen LogP) is 3.31. The number of rotatable bonds is 12. The van der Waals surface area contributed by atoms with Crippen molar-refractivity contribution in [3.8, 4) is 0 Å². The molecule has 2 saturated heterocycles. The summed E-state index contributed by atoms with van der Waals surface area (Å²) in [5.41, 5.74) is 1.43. The van der Waals surface area contributed by atoms with Gasteiger partial charge in [0.1, 0.15) is 0 Å². The number of aliphatic imine (C=N–C) groups is 1. The molecule has 3 rings (SSSR count). The first kappa shape index (κ1) is 26.4. The molecule has 0 spiro atoms. The zero-order valence-corrected chi connectivity index (χ0v) is 21.4. The second-order valence-electron chi connectivity index (χ2n) is 8.40. The summed E-state index contributed by atoms with van der Waals surface area (Å²) in [6.45, 7) is 10.7. The lowest BCUT2D eigenvalue weighted by Gasteiger charge is -2.16. The zero-order chi connectivity index (χ0) is 20.9. The summed E-state index contributed by atoms with van der Waals surface area (Å²) in [5.74, 6) is 1.59. The van der Waals surface area contributed by atoms with Crippen LogP contribution in [0.1, 0.15) is 38.2 Å². The van der Waals surface area contributed by atoms with E-state index in [4.69, 9.17) is 14.5 Å². The number of benzene rings is 1. The van der Waals surface area contributed by atoms with Crippen LogP contribution in [0.15, 0.2) is 35.3 Å². The highest BCUT2D eigenvalue weighted by molar-refractivity contribution is 14.0. The maximum Gasteiger partial charge on any atom is 0.191 e. The molecule has 1 aromatic rings. The fourth-order valence-electron chi connectivity index (χ4n) is 4.13. The van der Waals surface area contributed by atoms with Crippen molar-refractivity contribution in [3.63, 3.8) is 0 Å². The van der Waals surface area contributed by atoms with Gasteiger partial charge >= 0.3 is 0 Å². The minimum Gasteiger partial charge on any atom is -0.379 e. The molecule has 2 aliphatic rings. The Morgan fingerprint density at radius 3 is 2.87 bits per heavy atom. The van der Waals surface area contributed by atoms with Crippen LogP contribution in [0.5, 0.6) is 0 Å². The molecule has 0 radical (unpaired) electrons. The lowest BCUT2D eigenvalue weighted by molar-refractivity contribution is 0.0168. The molecule has 0 saturated carbocycles. The van der Waals surface area contributed by atoms with Crippen molar-refractivity contribution < 1.29 is 9.47 Å². The van der Waals surface area contributed by atoms with Gasteiger partial charge in [0.2, 0.25) is 0 Å². The van der Waals surface area contributed by atoms with E-state index < -0.39 is 0 Å². The summed E-state index contributed by atoms with van der Waals surface area (Å²) >= 11 is 0. The molecule has 2 fully saturated rings. The van der Waals surface area contributed by atoms with Gasteiger partial charge < -0.3 is 25.0 Å². The highest BCUT2D eigenvalue weighted by Gasteiger charge is 2.22. The fraction of sp³-hybridized carbons (Fsp3) is 0.708. The molecule has 0 bridgehead atoms. The molecule has 0 aliphatic carbocycles. The van der Waals surface area contributed by atoms with Crippen molar-refractivity contribution in [3.05, 3.63) is 35.9 Å². The molecule has 6 nitrogen and oxygen atoms in total. The van der Waals surface area contributed by atoms with Crippen molar-refractivity contribution in [1.82, 2.24) is 15.5 Å². The minimum atomic E-state index is 0. The zero-order valence-electron chi connectivity index (χ0n) is 19.1. The van der Waals surface area contributed by atoms with Crippen LogP contribution in [0, 0.1) is 5.92 Å². The van der Waals surface area contributed by atoms with E-state index >= 15 is 0 Å². The van der Waals surface area contributed by atoms with Gasteiger partial charge in [-0.2, -0.15) is 0 Å². The monoisotopic (exact) mass is 544 g/mol. The van der Waals surface area contributed by atoms with Crippen LogP contribution in [-0.2, 0) is 15.9 Å². The van der Waals surface area contributed by atoms with E-state index in [9.17, 15) is 0 Å². The number of ether oxygens (including phenoxy) is 2. The fourth-order valence-corrected chi connectivity index (χ4v) is 4.13. The van der Waals surface area contributed by atoms with Crippen LogP contribution in [0.4, 0.5) is 0 Å². The van der Waals surface area contributed by atoms with Gasteiger partial charge in [0.15, 0.2) is 5.96 Å². The molecule has 7 heteroatoms. The van der Waals surface area contributed by atoms with Gasteiger partial charge in [-0.3, -0.25) is 4.99 Å². The van der Waals surface area contributed by atoms with Crippen molar-refractivity contribution in [1.29, 1.82) is 0 Å². The van der Waals surface area contributed by atoms with Gasteiger partial charge in [-0.05, 0) is 57.1 Å². The third kappa shape index (κ3) is 10.5. The van der Waals surface area contributed by atoms with Crippen LogP contribution in [0.2, 0.25) is 0 Å². The third-order valence-electron chi connectivity index (χ3n) is 5.87. The van der Waals surface area contributed by atoms with Crippen molar-refractivity contribution in [2.24, 2.45) is 10.9 Å². The lowest BCUT2D eigenvalue weighted by atomic mass is 10.1. The van der Waals surface area contributed by atoms with Crippen molar-refractivity contribution >= 4 is 29.9 Å². The van der Waals surface area contributed by atoms with Gasteiger partial charge in [0.05, 0.1) is 12.7 Å². The summed E-state index contributed by atoms with van der Waals surface area (Å²) in [6, 6.07) is 10.8. The number of hydrogen-bond acceptors (Lipinski definition) is 4. The summed E-state index contributed by atoms with van der Waals surface area (Å²) in [6.07, 6.45) is 5.98. The van der Waals surface area contributed by atoms with Crippen molar-refractivity contribution in [2.75, 3.05) is 59.1 Å². The average Bonchev–Trinajstić information content (AvgIpc) is 3.45. The molecule has 2 aliphatic heterocycles. The van der Waals surface area contributed by atoms with Crippen LogP contribution < -0.4 is 10.6 Å². The second-order valence-corrected chi connectivity index (χ2v) is 8.40. The first-order valence-electron chi connectivity index (χ1n) is 11.8. The number of nitrogens with one attached hydrogen (secondary N) is 2. The molecule has 31 heavy (non-hydrogen) atoms. The van der Waals surface area contributed by atoms with E-state index in [1.165, 1.54) is 24.9 Å². The first-order chi connectivity index (χ1) is 14.8. The Balaban J connectivity index is 0.00000341. The maximum atomic E-state index is 5.74. The molecule has 2 N–H and O–H groups in total. The molecule has 0 amide bonds. The Morgan fingerprint density at radius 2 is 2.10 bits per heavy atom. The molecule has 2 atom stereocenters. The van der Waals surface area contributed by atoms with E-state index in [1.807, 2.05) is 0 Å². The first-order valence-corrected chi connectivity index (χ1v) is 11.8. The molecular formula is C24H41IN4O2. The minimum absolute atomic E-state index is 0. The number of hydrogen-bond donors (Lipinski definition) is 2. The Labute approximate surface area is 205 Å². The Bertz CT molecular complexity index is 611. The molecule has 1 aromatic carbocycles. The largest absolute Gasteiger partial charge is 0.379 e. The Morgan fingerprint density at radius 1 is 1.23 bits per heavy atom. The SMILES string of the molecule is CCNC(=NCC1CCN(CCc2ccccc2)C1)NCCCOCC1CCCO1.I. The molecule has 0 aromatic heterocycles. The smallest absolute Gasteiger partial charge is 0.191 e. The van der Waals surface area contributed by atoms with E-state index in [0.29, 0.717) is 12.0 Å². The predicted molar refractivity (Wildman–Crippen MR) is 138 cm³/mol. The second kappa shape index (κ2) is 15.8. The van der Waals surface area contributed by atoms with Gasteiger partial charge in [-0.25, -0.2) is 0 Å². The Kier molecular flexibility index (Phi) is 13.5. The third-order valence-corrected chi connectivity index (χ3v) is 5.87. The maximum absolute atomic E-state index is 5.74. The van der Waals surface area contributed by atoms with Crippen LogP contribution in [0.25, 0.3) is 0 Å². The highest BCUT2D eigenvalue weighted by Crippen LogP contribution is 2.17. The molecule has 2 heterocycles. The number of likely N-dealkylation sites (tertiary alicyclic amines) is 1. The highest BCUT2D eigenvalue weighted by atomic mass is 127. The lowest BCUT2D eigenvalue weighted by Crippen LogP contribution is -2.38. The van der Waals surface area contributed by atoms with E-state index in [1.54, 1.807) is 0 Å². The van der Waals surface area contributed by atoms with Crippen LogP contribution >= 0.6 is 24.0 Å². The summed E-state index contributed by atoms with van der Waals surface area (Å²) < 4.78 is 11.3. The Hall–Kier alpha value is -0.900. The topological polar surface area (TPSA) is 58.1 Å². The van der Waals surface area contributed by atoms with Gasteiger partial charge in [0, 0.05) is 45.9 Å². The van der Waals surface area contributed by atoms with E-state index in [0.717, 1.165) is 77.8 Å². The van der Waals surface area contributed by atoms with Gasteiger partial charge in [-0.15, -0.1) is 24.0 Å². The number of halogens is 1. The normalized spacial score (nSPS) is 21.8. The molecular weight excluding hydrogens is 503 g/mol. The average molecular weight is 545 g/mol. The quantitative estimate of drug-likeness (QED) is 0.183. The van der Waals surface area contributed by atoms with Gasteiger partial charge in [-0.1, -0.05) is 30.3 Å². The summed E-state index contributed by atoms with van der Waals surface area (Å²) in [5, 5.41) is 6.81. The van der Waals surface area contributed by atoms with Crippen LogP contribution in [0.3, 0.4) is 0 Å². The van der Waals surface area contributed by atoms with E-state index in [2.05, 4.69) is 52.8 Å². The van der Waals surface area contributed by atoms with Gasteiger partial charge in [0.25, 0.3) is 0 Å². The summed E-state index contributed by atoms with van der Waals surface area (Å²) in [4.78, 5) is 7.42. The number of nitrogens with zero attached hydrogens (tertiary/aromatic N) is 2.